The highest BCUT2D eigenvalue weighted by Crippen LogP contribution is 2.42. The predicted molar refractivity (Wildman–Crippen MR) is 97.8 cm³/mol. The molecule has 0 amide bonds. The van der Waals surface area contributed by atoms with E-state index in [1.165, 1.54) is 0 Å². The predicted octanol–water partition coefficient (Wildman–Crippen LogP) is 6.16. The summed E-state index contributed by atoms with van der Waals surface area (Å²) in [5, 5.41) is 1.42. The second-order valence-electron chi connectivity index (χ2n) is 6.80. The molecule has 0 saturated heterocycles. The Morgan fingerprint density at radius 3 is 2.04 bits per heavy atom. The van der Waals surface area contributed by atoms with Crippen molar-refractivity contribution in [1.82, 2.24) is 0 Å². The van der Waals surface area contributed by atoms with Crippen LogP contribution in [0.5, 0.6) is 11.5 Å². The zero-order valence-electron chi connectivity index (χ0n) is 14.3. The molecule has 2 aromatic carbocycles. The second kappa shape index (κ2) is 6.45. The van der Waals surface area contributed by atoms with Crippen molar-refractivity contribution in [3.05, 3.63) is 35.9 Å². The van der Waals surface area contributed by atoms with Crippen molar-refractivity contribution in [3.63, 3.8) is 0 Å². The summed E-state index contributed by atoms with van der Waals surface area (Å²) in [7, 11) is 0. The number of halogens is 2. The number of hydrogen-bond donors (Lipinski definition) is 0. The van der Waals surface area contributed by atoms with Crippen LogP contribution in [0.2, 0.25) is 0 Å². The SMILES string of the molecule is CCOc1ccc2c(sc3c(F)c(OCC4CC(C)C4)ccc32)c1F. The molecular weight excluding hydrogens is 342 g/mol. The molecule has 0 spiro atoms. The van der Waals surface area contributed by atoms with Gasteiger partial charge in [-0.2, -0.15) is 0 Å². The Hall–Kier alpha value is -1.88. The third kappa shape index (κ3) is 2.84. The third-order valence-electron chi connectivity index (χ3n) is 4.86. The Balaban J connectivity index is 1.70. The van der Waals surface area contributed by atoms with Crippen molar-refractivity contribution < 1.29 is 18.3 Å². The molecule has 0 N–H and O–H groups in total. The van der Waals surface area contributed by atoms with Crippen LogP contribution in [0, 0.1) is 23.5 Å². The van der Waals surface area contributed by atoms with Gasteiger partial charge < -0.3 is 9.47 Å². The first-order chi connectivity index (χ1) is 12.1. The Morgan fingerprint density at radius 2 is 1.52 bits per heavy atom. The maximum absolute atomic E-state index is 14.9. The van der Waals surface area contributed by atoms with Gasteiger partial charge in [0, 0.05) is 10.8 Å². The molecule has 1 saturated carbocycles. The Kier molecular flexibility index (Phi) is 4.28. The second-order valence-corrected chi connectivity index (χ2v) is 7.82. The molecule has 1 fully saturated rings. The van der Waals surface area contributed by atoms with Crippen molar-refractivity contribution in [2.24, 2.45) is 11.8 Å². The van der Waals surface area contributed by atoms with E-state index in [0.29, 0.717) is 39.3 Å². The summed E-state index contributed by atoms with van der Waals surface area (Å²) in [6.07, 6.45) is 2.27. The van der Waals surface area contributed by atoms with Crippen LogP contribution in [0.25, 0.3) is 20.2 Å². The smallest absolute Gasteiger partial charge is 0.182 e. The molecule has 25 heavy (non-hydrogen) atoms. The first-order valence-corrected chi connectivity index (χ1v) is 9.49. The minimum absolute atomic E-state index is 0.206. The van der Waals surface area contributed by atoms with Crippen LogP contribution in [-0.4, -0.2) is 13.2 Å². The van der Waals surface area contributed by atoms with Crippen molar-refractivity contribution in [3.8, 4) is 11.5 Å². The molecule has 1 aliphatic rings. The van der Waals surface area contributed by atoms with Gasteiger partial charge in [0.05, 0.1) is 22.6 Å². The van der Waals surface area contributed by atoms with E-state index < -0.39 is 11.6 Å². The standard InChI is InChI=1S/C20H20F2O2S/c1-3-23-15-6-4-13-14-5-7-16(24-10-12-8-11(2)9-12)18(22)20(14)25-19(13)17(15)21/h4-7,11-12H,3,8-10H2,1-2H3. The average molecular weight is 362 g/mol. The molecule has 1 heterocycles. The highest BCUT2D eigenvalue weighted by atomic mass is 32.1. The molecule has 2 nitrogen and oxygen atoms in total. The number of benzene rings is 2. The first-order valence-electron chi connectivity index (χ1n) is 8.67. The van der Waals surface area contributed by atoms with Gasteiger partial charge in [-0.25, -0.2) is 8.78 Å². The third-order valence-corrected chi connectivity index (χ3v) is 6.07. The van der Waals surface area contributed by atoms with Gasteiger partial charge in [-0.3, -0.25) is 0 Å². The molecule has 4 rings (SSSR count). The maximum Gasteiger partial charge on any atom is 0.182 e. The van der Waals surface area contributed by atoms with Gasteiger partial charge in [-0.1, -0.05) is 6.92 Å². The summed E-state index contributed by atoms with van der Waals surface area (Å²) in [4.78, 5) is 0. The van der Waals surface area contributed by atoms with E-state index in [0.717, 1.165) is 30.1 Å². The maximum atomic E-state index is 14.9. The summed E-state index contributed by atoms with van der Waals surface area (Å²) in [5.74, 6) is 0.889. The first kappa shape index (κ1) is 16.6. The van der Waals surface area contributed by atoms with Crippen LogP contribution in [-0.2, 0) is 0 Å². The lowest BCUT2D eigenvalue weighted by Gasteiger charge is -2.32. The fraction of sp³-hybridized carbons (Fsp3) is 0.400. The van der Waals surface area contributed by atoms with E-state index in [1.54, 1.807) is 25.1 Å². The van der Waals surface area contributed by atoms with Gasteiger partial charge in [0.1, 0.15) is 0 Å². The van der Waals surface area contributed by atoms with E-state index in [2.05, 4.69) is 6.92 Å². The summed E-state index contributed by atoms with van der Waals surface area (Å²) in [6, 6.07) is 6.86. The molecule has 1 aromatic heterocycles. The largest absolute Gasteiger partial charge is 0.491 e. The Morgan fingerprint density at radius 1 is 0.960 bits per heavy atom. The van der Waals surface area contributed by atoms with Crippen molar-refractivity contribution in [2.75, 3.05) is 13.2 Å². The highest BCUT2D eigenvalue weighted by Gasteiger charge is 2.26. The number of thiophene rings is 1. The van der Waals surface area contributed by atoms with Gasteiger partial charge in [0.15, 0.2) is 23.1 Å². The van der Waals surface area contributed by atoms with Crippen molar-refractivity contribution in [2.45, 2.75) is 26.7 Å². The molecule has 5 heteroatoms. The van der Waals surface area contributed by atoms with E-state index in [4.69, 9.17) is 9.47 Å². The van der Waals surface area contributed by atoms with Crippen LogP contribution in [0.4, 0.5) is 8.78 Å². The Bertz CT molecular complexity index is 928. The van der Waals surface area contributed by atoms with Gasteiger partial charge in [-0.05, 0) is 55.9 Å². The molecule has 132 valence electrons. The van der Waals surface area contributed by atoms with E-state index in [9.17, 15) is 8.78 Å². The molecule has 0 bridgehead atoms. The zero-order chi connectivity index (χ0) is 17.6. The molecule has 0 radical (unpaired) electrons. The zero-order valence-corrected chi connectivity index (χ0v) is 15.1. The lowest BCUT2D eigenvalue weighted by Crippen LogP contribution is -2.26. The normalized spacial score (nSPS) is 20.0. The van der Waals surface area contributed by atoms with Gasteiger partial charge in [-0.15, -0.1) is 11.3 Å². The fourth-order valence-electron chi connectivity index (χ4n) is 3.59. The van der Waals surface area contributed by atoms with Crippen LogP contribution in [0.15, 0.2) is 24.3 Å². The quantitative estimate of drug-likeness (QED) is 0.541. The molecule has 0 atom stereocenters. The minimum Gasteiger partial charge on any atom is -0.491 e. The van der Waals surface area contributed by atoms with Gasteiger partial charge in [0.25, 0.3) is 0 Å². The topological polar surface area (TPSA) is 18.5 Å². The molecule has 0 unspecified atom stereocenters. The average Bonchev–Trinajstić information content (AvgIpc) is 2.95. The van der Waals surface area contributed by atoms with Crippen molar-refractivity contribution >= 4 is 31.5 Å². The lowest BCUT2D eigenvalue weighted by molar-refractivity contribution is 0.128. The summed E-state index contributed by atoms with van der Waals surface area (Å²) >= 11 is 1.11. The van der Waals surface area contributed by atoms with E-state index in [-0.39, 0.29) is 11.5 Å². The van der Waals surface area contributed by atoms with Gasteiger partial charge >= 0.3 is 0 Å². The number of hydrogen-bond acceptors (Lipinski definition) is 3. The monoisotopic (exact) mass is 362 g/mol. The summed E-state index contributed by atoms with van der Waals surface area (Å²) < 4.78 is 41.3. The van der Waals surface area contributed by atoms with Crippen LogP contribution in [0.1, 0.15) is 26.7 Å². The summed E-state index contributed by atoms with van der Waals surface area (Å²) in [5.41, 5.74) is 0. The van der Waals surface area contributed by atoms with Crippen LogP contribution >= 0.6 is 11.3 Å². The van der Waals surface area contributed by atoms with Gasteiger partial charge in [0.2, 0.25) is 0 Å². The van der Waals surface area contributed by atoms with Crippen molar-refractivity contribution in [1.29, 1.82) is 0 Å². The molecule has 1 aliphatic carbocycles. The molecule has 3 aromatic rings. The fourth-order valence-corrected chi connectivity index (χ4v) is 4.75. The number of ether oxygens (including phenoxy) is 2. The minimum atomic E-state index is -0.425. The molecule has 0 aliphatic heterocycles. The Labute approximate surface area is 149 Å². The highest BCUT2D eigenvalue weighted by molar-refractivity contribution is 7.25. The number of rotatable bonds is 5. The lowest BCUT2D eigenvalue weighted by atomic mass is 9.77. The van der Waals surface area contributed by atoms with Crippen LogP contribution in [0.3, 0.4) is 0 Å². The van der Waals surface area contributed by atoms with E-state index in [1.807, 2.05) is 6.07 Å². The van der Waals surface area contributed by atoms with E-state index >= 15 is 0 Å². The molecular formula is C20H20F2O2S. The summed E-state index contributed by atoms with van der Waals surface area (Å²) in [6.45, 7) is 4.95. The number of fused-ring (bicyclic) bond motifs is 3. The van der Waals surface area contributed by atoms with Crippen LogP contribution < -0.4 is 9.47 Å².